The van der Waals surface area contributed by atoms with Gasteiger partial charge in [0.15, 0.2) is 0 Å². The third-order valence-corrected chi connectivity index (χ3v) is 2.88. The predicted octanol–water partition coefficient (Wildman–Crippen LogP) is 1.34. The van der Waals surface area contributed by atoms with E-state index in [1.165, 1.54) is 6.92 Å². The van der Waals surface area contributed by atoms with Crippen LogP contribution >= 0.6 is 0 Å². The highest BCUT2D eigenvalue weighted by Crippen LogP contribution is 2.18. The summed E-state index contributed by atoms with van der Waals surface area (Å²) in [5, 5.41) is 0. The summed E-state index contributed by atoms with van der Waals surface area (Å²) < 4.78 is 35.9. The molecule has 0 atom stereocenters. The van der Waals surface area contributed by atoms with Crippen molar-refractivity contribution in [2.75, 3.05) is 13.7 Å². The lowest BCUT2D eigenvalue weighted by Gasteiger charge is -2.23. The molecule has 0 radical (unpaired) electrons. The van der Waals surface area contributed by atoms with Crippen molar-refractivity contribution in [2.45, 2.75) is 32.8 Å². The van der Waals surface area contributed by atoms with Gasteiger partial charge in [-0.3, -0.25) is 4.18 Å². The van der Waals surface area contributed by atoms with Crippen LogP contribution in [0, 0.1) is 0 Å². The van der Waals surface area contributed by atoms with Crippen LogP contribution in [0.1, 0.15) is 27.2 Å². The maximum absolute atomic E-state index is 11.1. The van der Waals surface area contributed by atoms with Crippen LogP contribution in [0.25, 0.3) is 0 Å². The van der Waals surface area contributed by atoms with Crippen LogP contribution in [-0.2, 0) is 28.3 Å². The zero-order valence-corrected chi connectivity index (χ0v) is 12.0. The van der Waals surface area contributed by atoms with Gasteiger partial charge in [-0.25, -0.2) is 8.98 Å². The van der Waals surface area contributed by atoms with Gasteiger partial charge in [-0.15, -0.1) is 0 Å². The lowest BCUT2D eigenvalue weighted by Crippen LogP contribution is -2.30. The van der Waals surface area contributed by atoms with Crippen molar-refractivity contribution in [1.29, 1.82) is 0 Å². The molecule has 0 aromatic heterocycles. The first-order valence-electron chi connectivity index (χ1n) is 4.93. The van der Waals surface area contributed by atoms with Crippen LogP contribution in [0.3, 0.4) is 0 Å². The molecule has 3 N–H and O–H groups in total. The highest BCUT2D eigenvalue weighted by Gasteiger charge is 2.27. The Kier molecular flexibility index (Phi) is 8.04. The quantitative estimate of drug-likeness (QED) is 0.554. The number of hydrogen-bond acceptors (Lipinski definition) is 7. The Balaban J connectivity index is 0. The standard InChI is InChI=1S/C10H18O6S.H3N/c1-8(2)9(11)15-7-6-10(3,4)16-17(12,13)14-5;/h1,6-7H2,2-5H3;1H3. The van der Waals surface area contributed by atoms with Gasteiger partial charge in [0.25, 0.3) is 0 Å². The van der Waals surface area contributed by atoms with Crippen molar-refractivity contribution in [3.8, 4) is 0 Å². The highest BCUT2D eigenvalue weighted by atomic mass is 32.3. The molecule has 7 nitrogen and oxygen atoms in total. The second-order valence-corrected chi connectivity index (χ2v) is 5.40. The number of hydrogen-bond donors (Lipinski definition) is 1. The Bertz CT molecular complexity index is 387. The molecule has 8 heteroatoms. The molecule has 0 saturated carbocycles. The molecular weight excluding hydrogens is 262 g/mol. The lowest BCUT2D eigenvalue weighted by molar-refractivity contribution is -0.139. The molecule has 0 rings (SSSR count). The molecule has 0 aromatic rings. The maximum atomic E-state index is 11.1. The average Bonchev–Trinajstić information content (AvgIpc) is 2.15. The summed E-state index contributed by atoms with van der Waals surface area (Å²) in [6.45, 7) is 8.10. The fourth-order valence-corrected chi connectivity index (χ4v) is 1.57. The molecule has 0 bridgehead atoms. The molecular formula is C10H21NO6S. The summed E-state index contributed by atoms with van der Waals surface area (Å²) in [5.41, 5.74) is -0.724. The molecule has 0 spiro atoms. The summed E-state index contributed by atoms with van der Waals surface area (Å²) in [6, 6.07) is 0. The zero-order valence-electron chi connectivity index (χ0n) is 11.2. The molecule has 0 fully saturated rings. The van der Waals surface area contributed by atoms with Gasteiger partial charge in [0.1, 0.15) is 0 Å². The first kappa shape index (κ1) is 19.4. The molecule has 0 aromatic carbocycles. The first-order chi connectivity index (χ1) is 7.59. The van der Waals surface area contributed by atoms with Gasteiger partial charge >= 0.3 is 16.4 Å². The van der Waals surface area contributed by atoms with Gasteiger partial charge in [0.2, 0.25) is 0 Å². The summed E-state index contributed by atoms with van der Waals surface area (Å²) in [4.78, 5) is 11.1. The first-order valence-corrected chi connectivity index (χ1v) is 6.27. The van der Waals surface area contributed by atoms with Crippen LogP contribution in [0.5, 0.6) is 0 Å². The van der Waals surface area contributed by atoms with Crippen LogP contribution in [0.15, 0.2) is 12.2 Å². The molecule has 108 valence electrons. The van der Waals surface area contributed by atoms with E-state index in [2.05, 4.69) is 10.8 Å². The van der Waals surface area contributed by atoms with Gasteiger partial charge < -0.3 is 10.9 Å². The van der Waals surface area contributed by atoms with Gasteiger partial charge in [0, 0.05) is 12.0 Å². The molecule has 0 amide bonds. The SMILES string of the molecule is C=C(C)C(=O)OCCC(C)(C)OS(=O)(=O)OC.N. The van der Waals surface area contributed by atoms with Crippen molar-refractivity contribution in [2.24, 2.45) is 0 Å². The molecule has 0 saturated heterocycles. The minimum absolute atomic E-state index is 0. The predicted molar refractivity (Wildman–Crippen MR) is 66.5 cm³/mol. The molecule has 0 aliphatic carbocycles. The summed E-state index contributed by atoms with van der Waals surface area (Å²) in [5.74, 6) is -0.518. The maximum Gasteiger partial charge on any atom is 0.400 e. The fourth-order valence-electron chi connectivity index (χ4n) is 0.865. The number of ether oxygens (including phenoxy) is 1. The van der Waals surface area contributed by atoms with Crippen LogP contribution in [0.4, 0.5) is 0 Å². The largest absolute Gasteiger partial charge is 0.462 e. The number of carbonyl (C=O) groups is 1. The second-order valence-electron chi connectivity index (χ2n) is 4.08. The fraction of sp³-hybridized carbons (Fsp3) is 0.700. The molecule has 0 aliphatic heterocycles. The van der Waals surface area contributed by atoms with E-state index in [1.54, 1.807) is 13.8 Å². The van der Waals surface area contributed by atoms with Crippen LogP contribution in [-0.4, -0.2) is 33.7 Å². The van der Waals surface area contributed by atoms with E-state index in [-0.39, 0.29) is 24.8 Å². The van der Waals surface area contributed by atoms with Crippen LogP contribution < -0.4 is 6.15 Å². The van der Waals surface area contributed by atoms with Crippen molar-refractivity contribution in [1.82, 2.24) is 6.15 Å². The summed E-state index contributed by atoms with van der Waals surface area (Å²) >= 11 is 0. The Morgan fingerprint density at radius 1 is 1.33 bits per heavy atom. The van der Waals surface area contributed by atoms with E-state index in [1.807, 2.05) is 0 Å². The van der Waals surface area contributed by atoms with E-state index in [9.17, 15) is 13.2 Å². The smallest absolute Gasteiger partial charge is 0.400 e. The van der Waals surface area contributed by atoms with Crippen molar-refractivity contribution in [3.05, 3.63) is 12.2 Å². The van der Waals surface area contributed by atoms with E-state index < -0.39 is 22.0 Å². The normalized spacial score (nSPS) is 11.6. The Morgan fingerprint density at radius 2 is 1.83 bits per heavy atom. The molecule has 0 aliphatic rings. The van der Waals surface area contributed by atoms with Crippen molar-refractivity contribution >= 4 is 16.4 Å². The highest BCUT2D eigenvalue weighted by molar-refractivity contribution is 7.81. The summed E-state index contributed by atoms with van der Waals surface area (Å²) in [7, 11) is -3.00. The van der Waals surface area contributed by atoms with E-state index in [0.717, 1.165) is 7.11 Å². The monoisotopic (exact) mass is 283 g/mol. The third kappa shape index (κ3) is 8.18. The number of esters is 1. The van der Waals surface area contributed by atoms with Crippen LogP contribution in [0.2, 0.25) is 0 Å². The zero-order chi connectivity index (χ0) is 13.7. The third-order valence-electron chi connectivity index (χ3n) is 1.82. The minimum Gasteiger partial charge on any atom is -0.462 e. The Labute approximate surface area is 108 Å². The number of rotatable bonds is 7. The average molecular weight is 283 g/mol. The number of carbonyl (C=O) groups excluding carboxylic acids is 1. The van der Waals surface area contributed by atoms with Gasteiger partial charge in [-0.1, -0.05) is 6.58 Å². The van der Waals surface area contributed by atoms with E-state index in [0.29, 0.717) is 0 Å². The van der Waals surface area contributed by atoms with Crippen molar-refractivity contribution in [3.63, 3.8) is 0 Å². The van der Waals surface area contributed by atoms with Gasteiger partial charge in [-0.2, -0.15) is 8.42 Å². The Morgan fingerprint density at radius 3 is 2.22 bits per heavy atom. The topological polar surface area (TPSA) is 114 Å². The van der Waals surface area contributed by atoms with Gasteiger partial charge in [0.05, 0.1) is 19.3 Å². The van der Waals surface area contributed by atoms with E-state index >= 15 is 0 Å². The second kappa shape index (κ2) is 7.47. The van der Waals surface area contributed by atoms with Crippen molar-refractivity contribution < 1.29 is 26.3 Å². The molecule has 0 heterocycles. The molecule has 18 heavy (non-hydrogen) atoms. The Hall–Kier alpha value is -0.960. The molecule has 0 unspecified atom stereocenters. The van der Waals surface area contributed by atoms with E-state index in [4.69, 9.17) is 8.92 Å². The lowest BCUT2D eigenvalue weighted by atomic mass is 10.1. The summed E-state index contributed by atoms with van der Waals surface area (Å²) in [6.07, 6.45) is 0.217. The minimum atomic E-state index is -4.00. The van der Waals surface area contributed by atoms with Gasteiger partial charge in [-0.05, 0) is 20.8 Å².